The molecule has 0 bridgehead atoms. The van der Waals surface area contributed by atoms with E-state index >= 15 is 0 Å². The molecule has 1 aromatic heterocycles. The molecular formula is C13H17NO3S. The first-order valence-electron chi connectivity index (χ1n) is 6.33. The Morgan fingerprint density at radius 1 is 1.56 bits per heavy atom. The Labute approximate surface area is 110 Å². The van der Waals surface area contributed by atoms with Gasteiger partial charge in [-0.3, -0.25) is 0 Å². The summed E-state index contributed by atoms with van der Waals surface area (Å²) < 4.78 is 6.22. The molecule has 1 aromatic rings. The number of carbonyl (C=O) groups is 1. The van der Waals surface area contributed by atoms with E-state index in [4.69, 9.17) is 9.84 Å². The van der Waals surface area contributed by atoms with Crippen LogP contribution in [0.4, 0.5) is 4.79 Å². The van der Waals surface area contributed by atoms with Gasteiger partial charge in [0.2, 0.25) is 0 Å². The summed E-state index contributed by atoms with van der Waals surface area (Å²) in [7, 11) is 0. The van der Waals surface area contributed by atoms with Crippen molar-refractivity contribution in [2.45, 2.75) is 37.9 Å². The fourth-order valence-corrected chi connectivity index (χ4v) is 4.23. The van der Waals surface area contributed by atoms with Crippen molar-refractivity contribution in [3.63, 3.8) is 0 Å². The molecule has 1 atom stereocenters. The van der Waals surface area contributed by atoms with Crippen LogP contribution < -0.4 is 0 Å². The molecular weight excluding hydrogens is 250 g/mol. The van der Waals surface area contributed by atoms with E-state index in [-0.39, 0.29) is 11.7 Å². The summed E-state index contributed by atoms with van der Waals surface area (Å²) in [6.07, 6.45) is 1.93. The number of hydrogen-bond acceptors (Lipinski definition) is 3. The molecule has 1 N–H and O–H groups in total. The Kier molecular flexibility index (Phi) is 2.83. The number of rotatable bonds is 0. The van der Waals surface area contributed by atoms with E-state index in [1.807, 2.05) is 0 Å². The van der Waals surface area contributed by atoms with Gasteiger partial charge in [0.15, 0.2) is 0 Å². The standard InChI is InChI=1S/C13H17NO3S/c1-9-8-10-2-7-18-11(10)13(17-9)3-5-14(6-4-13)12(15)16/h2,7,9H,3-6,8H2,1H3,(H,15,16)/t9-/m0/s1. The number of carboxylic acid groups (broad SMARTS) is 1. The van der Waals surface area contributed by atoms with Crippen LogP contribution in [0, 0.1) is 0 Å². The number of thiophene rings is 1. The average Bonchev–Trinajstić information content (AvgIpc) is 2.78. The first-order chi connectivity index (χ1) is 8.61. The molecule has 0 aromatic carbocycles. The van der Waals surface area contributed by atoms with Crippen LogP contribution in [-0.4, -0.2) is 35.3 Å². The molecule has 18 heavy (non-hydrogen) atoms. The Balaban J connectivity index is 1.87. The van der Waals surface area contributed by atoms with Gasteiger partial charge in [0.1, 0.15) is 5.60 Å². The second-order valence-corrected chi connectivity index (χ2v) is 6.09. The summed E-state index contributed by atoms with van der Waals surface area (Å²) in [5.74, 6) is 0. The van der Waals surface area contributed by atoms with Gasteiger partial charge >= 0.3 is 6.09 Å². The highest BCUT2D eigenvalue weighted by Gasteiger charge is 2.44. The van der Waals surface area contributed by atoms with Gasteiger partial charge in [-0.2, -0.15) is 0 Å². The third-order valence-corrected chi connectivity index (χ3v) is 5.08. The third kappa shape index (κ3) is 1.82. The summed E-state index contributed by atoms with van der Waals surface area (Å²) in [4.78, 5) is 13.8. The maximum atomic E-state index is 11.0. The second-order valence-electron chi connectivity index (χ2n) is 5.17. The molecule has 0 unspecified atom stereocenters. The van der Waals surface area contributed by atoms with Crippen LogP contribution in [0.1, 0.15) is 30.2 Å². The zero-order chi connectivity index (χ0) is 12.8. The first kappa shape index (κ1) is 12.0. The number of likely N-dealkylation sites (tertiary alicyclic amines) is 1. The predicted molar refractivity (Wildman–Crippen MR) is 69.1 cm³/mol. The maximum Gasteiger partial charge on any atom is 0.407 e. The van der Waals surface area contributed by atoms with Crippen molar-refractivity contribution >= 4 is 17.4 Å². The van der Waals surface area contributed by atoms with Crippen molar-refractivity contribution < 1.29 is 14.6 Å². The van der Waals surface area contributed by atoms with Gasteiger partial charge in [0.05, 0.1) is 6.10 Å². The van der Waals surface area contributed by atoms with Gasteiger partial charge in [0, 0.05) is 18.0 Å². The largest absolute Gasteiger partial charge is 0.465 e. The van der Waals surface area contributed by atoms with E-state index in [0.29, 0.717) is 13.1 Å². The minimum atomic E-state index is -0.819. The van der Waals surface area contributed by atoms with Crippen molar-refractivity contribution in [2.24, 2.45) is 0 Å². The van der Waals surface area contributed by atoms with E-state index < -0.39 is 6.09 Å². The molecule has 2 aliphatic heterocycles. The van der Waals surface area contributed by atoms with Gasteiger partial charge in [-0.15, -0.1) is 11.3 Å². The number of hydrogen-bond donors (Lipinski definition) is 1. The lowest BCUT2D eigenvalue weighted by Crippen LogP contribution is -2.49. The number of amides is 1. The Hall–Kier alpha value is -1.07. The molecule has 5 heteroatoms. The summed E-state index contributed by atoms with van der Waals surface area (Å²) in [5, 5.41) is 11.1. The highest BCUT2D eigenvalue weighted by molar-refractivity contribution is 7.10. The Bertz CT molecular complexity index is 463. The second kappa shape index (κ2) is 4.24. The van der Waals surface area contributed by atoms with Crippen LogP contribution in [0.25, 0.3) is 0 Å². The fraction of sp³-hybridized carbons (Fsp3) is 0.615. The third-order valence-electron chi connectivity index (χ3n) is 3.94. The smallest absolute Gasteiger partial charge is 0.407 e. The van der Waals surface area contributed by atoms with Crippen LogP contribution in [-0.2, 0) is 16.8 Å². The number of nitrogens with zero attached hydrogens (tertiary/aromatic N) is 1. The molecule has 0 aliphatic carbocycles. The minimum absolute atomic E-state index is 0.225. The van der Waals surface area contributed by atoms with Crippen molar-refractivity contribution in [1.29, 1.82) is 0 Å². The topological polar surface area (TPSA) is 49.8 Å². The molecule has 0 saturated carbocycles. The van der Waals surface area contributed by atoms with Crippen LogP contribution in [0.15, 0.2) is 11.4 Å². The Morgan fingerprint density at radius 3 is 2.94 bits per heavy atom. The normalized spacial score (nSPS) is 26.1. The maximum absolute atomic E-state index is 11.0. The quantitative estimate of drug-likeness (QED) is 0.786. The molecule has 4 nitrogen and oxygen atoms in total. The van der Waals surface area contributed by atoms with E-state index in [9.17, 15) is 4.79 Å². The molecule has 1 saturated heterocycles. The van der Waals surface area contributed by atoms with Gasteiger partial charge in [-0.25, -0.2) is 4.79 Å². The summed E-state index contributed by atoms with van der Waals surface area (Å²) in [6, 6.07) is 2.18. The lowest BCUT2D eigenvalue weighted by atomic mass is 9.84. The van der Waals surface area contributed by atoms with Crippen molar-refractivity contribution in [3.05, 3.63) is 21.9 Å². The SMILES string of the molecule is C[C@H]1Cc2ccsc2C2(CCN(C(=O)O)CC2)O1. The van der Waals surface area contributed by atoms with Crippen molar-refractivity contribution in [1.82, 2.24) is 4.90 Å². The number of fused-ring (bicyclic) bond motifs is 2. The zero-order valence-electron chi connectivity index (χ0n) is 10.4. The molecule has 1 amide bonds. The van der Waals surface area contributed by atoms with Gasteiger partial charge in [-0.1, -0.05) is 0 Å². The molecule has 1 fully saturated rings. The summed E-state index contributed by atoms with van der Waals surface area (Å²) in [6.45, 7) is 3.24. The lowest BCUT2D eigenvalue weighted by Gasteiger charge is -2.45. The highest BCUT2D eigenvalue weighted by atomic mass is 32.1. The summed E-state index contributed by atoms with van der Waals surface area (Å²) >= 11 is 1.75. The fourth-order valence-electron chi connectivity index (χ4n) is 3.09. The first-order valence-corrected chi connectivity index (χ1v) is 7.21. The van der Waals surface area contributed by atoms with Crippen molar-refractivity contribution in [3.8, 4) is 0 Å². The van der Waals surface area contributed by atoms with E-state index in [0.717, 1.165) is 19.3 Å². The van der Waals surface area contributed by atoms with Crippen LogP contribution in [0.2, 0.25) is 0 Å². The minimum Gasteiger partial charge on any atom is -0.465 e. The molecule has 0 radical (unpaired) electrons. The predicted octanol–water partition coefficient (Wildman–Crippen LogP) is 2.68. The van der Waals surface area contributed by atoms with Gasteiger partial charge < -0.3 is 14.7 Å². The molecule has 2 aliphatic rings. The number of piperidine rings is 1. The van der Waals surface area contributed by atoms with Gasteiger partial charge in [0.25, 0.3) is 0 Å². The lowest BCUT2D eigenvalue weighted by molar-refractivity contribution is -0.128. The van der Waals surface area contributed by atoms with Crippen LogP contribution >= 0.6 is 11.3 Å². The van der Waals surface area contributed by atoms with Crippen molar-refractivity contribution in [2.75, 3.05) is 13.1 Å². The van der Waals surface area contributed by atoms with E-state index in [1.165, 1.54) is 15.3 Å². The highest BCUT2D eigenvalue weighted by Crippen LogP contribution is 2.45. The van der Waals surface area contributed by atoms with Gasteiger partial charge in [-0.05, 0) is 43.2 Å². The van der Waals surface area contributed by atoms with E-state index in [1.54, 1.807) is 11.3 Å². The molecule has 1 spiro atoms. The zero-order valence-corrected chi connectivity index (χ0v) is 11.2. The molecule has 98 valence electrons. The average molecular weight is 267 g/mol. The number of ether oxygens (including phenoxy) is 1. The molecule has 3 rings (SSSR count). The monoisotopic (exact) mass is 267 g/mol. The summed E-state index contributed by atoms with van der Waals surface area (Å²) in [5.41, 5.74) is 1.16. The van der Waals surface area contributed by atoms with E-state index in [2.05, 4.69) is 18.4 Å². The molecule has 3 heterocycles. The van der Waals surface area contributed by atoms with Crippen LogP contribution in [0.3, 0.4) is 0 Å². The van der Waals surface area contributed by atoms with Crippen LogP contribution in [0.5, 0.6) is 0 Å². The Morgan fingerprint density at radius 2 is 2.28 bits per heavy atom.